The van der Waals surface area contributed by atoms with Gasteiger partial charge in [-0.2, -0.15) is 0 Å². The largest absolute Gasteiger partial charge is 0.452 e. The van der Waals surface area contributed by atoms with Gasteiger partial charge in [0.05, 0.1) is 10.6 Å². The molecule has 9 heteroatoms. The van der Waals surface area contributed by atoms with Crippen LogP contribution < -0.4 is 4.72 Å². The molecule has 3 aromatic rings. The molecule has 3 aromatic carbocycles. The number of hydrogen-bond donors (Lipinski definition) is 1. The zero-order valence-corrected chi connectivity index (χ0v) is 22.0. The van der Waals surface area contributed by atoms with Gasteiger partial charge in [-0.3, -0.25) is 4.79 Å². The van der Waals surface area contributed by atoms with E-state index in [1.807, 2.05) is 57.2 Å². The highest BCUT2D eigenvalue weighted by molar-refractivity contribution is 7.89. The molecule has 0 radical (unpaired) electrons. The van der Waals surface area contributed by atoms with Gasteiger partial charge in [0, 0.05) is 18.6 Å². The molecule has 0 saturated heterocycles. The standard InChI is InChI=1S/C27H29ClN2O5S/c1-27(2,3)30(18-21-12-8-5-9-13-21)25(31)19-35-26(32)22-14-15-23(28)24(16-22)36(33,34)29-17-20-10-6-4-7-11-20/h4-16,29H,17-19H2,1-3H3. The molecular weight excluding hydrogens is 500 g/mol. The highest BCUT2D eigenvalue weighted by Gasteiger charge is 2.28. The van der Waals surface area contributed by atoms with Gasteiger partial charge < -0.3 is 9.64 Å². The van der Waals surface area contributed by atoms with Gasteiger partial charge in [0.25, 0.3) is 5.91 Å². The van der Waals surface area contributed by atoms with E-state index in [4.69, 9.17) is 16.3 Å². The number of nitrogens with one attached hydrogen (secondary N) is 1. The molecule has 0 heterocycles. The van der Waals surface area contributed by atoms with Crippen molar-refractivity contribution >= 4 is 33.5 Å². The van der Waals surface area contributed by atoms with Gasteiger partial charge in [0.2, 0.25) is 10.0 Å². The third kappa shape index (κ3) is 7.40. The van der Waals surface area contributed by atoms with E-state index in [1.165, 1.54) is 12.1 Å². The molecule has 7 nitrogen and oxygen atoms in total. The maximum Gasteiger partial charge on any atom is 0.338 e. The van der Waals surface area contributed by atoms with Crippen molar-refractivity contribution in [3.05, 3.63) is 101 Å². The van der Waals surface area contributed by atoms with E-state index in [0.717, 1.165) is 17.2 Å². The van der Waals surface area contributed by atoms with Crippen LogP contribution in [0.1, 0.15) is 42.3 Å². The van der Waals surface area contributed by atoms with E-state index < -0.39 is 28.1 Å². The van der Waals surface area contributed by atoms with Crippen LogP contribution in [0.15, 0.2) is 83.8 Å². The molecule has 0 unspecified atom stereocenters. The van der Waals surface area contributed by atoms with Crippen LogP contribution >= 0.6 is 11.6 Å². The van der Waals surface area contributed by atoms with Crippen LogP contribution in [-0.2, 0) is 32.6 Å². The number of esters is 1. The first-order chi connectivity index (χ1) is 17.0. The number of nitrogens with zero attached hydrogens (tertiary/aromatic N) is 1. The number of halogens is 1. The van der Waals surface area contributed by atoms with Crippen LogP contribution in [-0.4, -0.2) is 37.3 Å². The van der Waals surface area contributed by atoms with Gasteiger partial charge in [0.1, 0.15) is 4.90 Å². The Kier molecular flexibility index (Phi) is 8.89. The zero-order valence-electron chi connectivity index (χ0n) is 20.4. The molecule has 0 aliphatic carbocycles. The van der Waals surface area contributed by atoms with Crippen LogP contribution in [0.3, 0.4) is 0 Å². The number of carbonyl (C=O) groups excluding carboxylic acids is 2. The Labute approximate surface area is 217 Å². The topological polar surface area (TPSA) is 92.8 Å². The summed E-state index contributed by atoms with van der Waals surface area (Å²) < 4.78 is 33.4. The molecule has 36 heavy (non-hydrogen) atoms. The predicted octanol–water partition coefficient (Wildman–Crippen LogP) is 4.80. The molecule has 3 rings (SSSR count). The summed E-state index contributed by atoms with van der Waals surface area (Å²) in [5, 5.41) is -0.0371. The minimum atomic E-state index is -4.01. The second-order valence-electron chi connectivity index (χ2n) is 9.17. The fourth-order valence-electron chi connectivity index (χ4n) is 3.44. The average Bonchev–Trinajstić information content (AvgIpc) is 2.85. The minimum Gasteiger partial charge on any atom is -0.452 e. The summed E-state index contributed by atoms with van der Waals surface area (Å²) in [5.41, 5.74) is 1.18. The lowest BCUT2D eigenvalue weighted by Gasteiger charge is -2.35. The molecule has 0 bridgehead atoms. The fourth-order valence-corrected chi connectivity index (χ4v) is 4.98. The van der Waals surface area contributed by atoms with Gasteiger partial charge >= 0.3 is 5.97 Å². The van der Waals surface area contributed by atoms with Gasteiger partial charge in [-0.25, -0.2) is 17.9 Å². The van der Waals surface area contributed by atoms with Gasteiger partial charge in [0.15, 0.2) is 6.61 Å². The predicted molar refractivity (Wildman–Crippen MR) is 139 cm³/mol. The molecule has 0 aliphatic heterocycles. The van der Waals surface area contributed by atoms with Crippen LogP contribution in [0.25, 0.3) is 0 Å². The van der Waals surface area contributed by atoms with E-state index >= 15 is 0 Å². The van der Waals surface area contributed by atoms with Crippen molar-refractivity contribution in [2.45, 2.75) is 44.3 Å². The average molecular weight is 529 g/mol. The Morgan fingerprint density at radius 3 is 2.08 bits per heavy atom. The molecule has 0 spiro atoms. The first-order valence-corrected chi connectivity index (χ1v) is 13.2. The molecule has 0 atom stereocenters. The Morgan fingerprint density at radius 1 is 0.917 bits per heavy atom. The number of hydrogen-bond acceptors (Lipinski definition) is 5. The molecule has 1 amide bonds. The Balaban J connectivity index is 1.69. The summed E-state index contributed by atoms with van der Waals surface area (Å²) in [4.78, 5) is 27.0. The first kappa shape index (κ1) is 27.4. The SMILES string of the molecule is CC(C)(C)N(Cc1ccccc1)C(=O)COC(=O)c1ccc(Cl)c(S(=O)(=O)NCc2ccccc2)c1. The van der Waals surface area contributed by atoms with E-state index in [0.29, 0.717) is 6.54 Å². The summed E-state index contributed by atoms with van der Waals surface area (Å²) in [6.45, 7) is 5.63. The van der Waals surface area contributed by atoms with E-state index in [1.54, 1.807) is 29.2 Å². The minimum absolute atomic E-state index is 0.0299. The van der Waals surface area contributed by atoms with E-state index in [9.17, 15) is 18.0 Å². The van der Waals surface area contributed by atoms with Crippen LogP contribution in [0.2, 0.25) is 5.02 Å². The Bertz CT molecular complexity index is 1310. The second-order valence-corrected chi connectivity index (χ2v) is 11.3. The van der Waals surface area contributed by atoms with Gasteiger partial charge in [-0.1, -0.05) is 72.3 Å². The summed E-state index contributed by atoms with van der Waals surface area (Å²) in [5.74, 6) is -1.20. The molecule has 0 aliphatic rings. The second kappa shape index (κ2) is 11.7. The molecule has 0 saturated carbocycles. The smallest absolute Gasteiger partial charge is 0.338 e. The van der Waals surface area contributed by atoms with Crippen LogP contribution in [0.5, 0.6) is 0 Å². The summed E-state index contributed by atoms with van der Waals surface area (Å²) in [7, 11) is -4.01. The van der Waals surface area contributed by atoms with Gasteiger partial charge in [-0.05, 0) is 50.1 Å². The lowest BCUT2D eigenvalue weighted by Crippen LogP contribution is -2.46. The fraction of sp³-hybridized carbons (Fsp3) is 0.259. The highest BCUT2D eigenvalue weighted by atomic mass is 35.5. The van der Waals surface area contributed by atoms with Crippen molar-refractivity contribution in [2.24, 2.45) is 0 Å². The molecule has 0 fully saturated rings. The molecule has 1 N–H and O–H groups in total. The lowest BCUT2D eigenvalue weighted by atomic mass is 10.0. The first-order valence-electron chi connectivity index (χ1n) is 11.3. The third-order valence-corrected chi connectivity index (χ3v) is 7.27. The number of benzene rings is 3. The van der Waals surface area contributed by atoms with Gasteiger partial charge in [-0.15, -0.1) is 0 Å². The van der Waals surface area contributed by atoms with E-state index in [2.05, 4.69) is 4.72 Å². The summed E-state index contributed by atoms with van der Waals surface area (Å²) in [6, 6.07) is 22.3. The Hall–Kier alpha value is -3.20. The molecule has 190 valence electrons. The number of amides is 1. The normalized spacial score (nSPS) is 11.7. The van der Waals surface area contributed by atoms with Crippen molar-refractivity contribution in [3.8, 4) is 0 Å². The monoisotopic (exact) mass is 528 g/mol. The number of sulfonamides is 1. The lowest BCUT2D eigenvalue weighted by molar-refractivity contribution is -0.140. The summed E-state index contributed by atoms with van der Waals surface area (Å²) >= 11 is 6.13. The Morgan fingerprint density at radius 2 is 1.50 bits per heavy atom. The maximum absolute atomic E-state index is 13.0. The van der Waals surface area contributed by atoms with Crippen molar-refractivity contribution in [2.75, 3.05) is 6.61 Å². The van der Waals surface area contributed by atoms with Crippen LogP contribution in [0, 0.1) is 0 Å². The number of rotatable bonds is 9. The quantitative estimate of drug-likeness (QED) is 0.403. The molecule has 0 aromatic heterocycles. The number of ether oxygens (including phenoxy) is 1. The summed E-state index contributed by atoms with van der Waals surface area (Å²) in [6.07, 6.45) is 0. The highest BCUT2D eigenvalue weighted by Crippen LogP contribution is 2.24. The third-order valence-electron chi connectivity index (χ3n) is 5.39. The van der Waals surface area contributed by atoms with Crippen molar-refractivity contribution in [1.29, 1.82) is 0 Å². The van der Waals surface area contributed by atoms with Crippen LogP contribution in [0.4, 0.5) is 0 Å². The van der Waals surface area contributed by atoms with E-state index in [-0.39, 0.29) is 27.9 Å². The molecular formula is C27H29ClN2O5S. The maximum atomic E-state index is 13.0. The zero-order chi connectivity index (χ0) is 26.3. The number of carbonyl (C=O) groups is 2. The van der Waals surface area contributed by atoms with Crippen molar-refractivity contribution < 1.29 is 22.7 Å². The van der Waals surface area contributed by atoms with Crippen molar-refractivity contribution in [1.82, 2.24) is 9.62 Å². The van der Waals surface area contributed by atoms with Crippen molar-refractivity contribution in [3.63, 3.8) is 0 Å².